The second kappa shape index (κ2) is 4.09. The summed E-state index contributed by atoms with van der Waals surface area (Å²) in [4.78, 5) is 15.6. The molecule has 0 saturated carbocycles. The molecule has 3 nitrogen and oxygen atoms in total. The fourth-order valence-corrected chi connectivity index (χ4v) is 1.29. The Bertz CT molecular complexity index is 406. The number of carbonyl (C=O) groups is 1. The summed E-state index contributed by atoms with van der Waals surface area (Å²) in [7, 11) is 0. The van der Waals surface area contributed by atoms with Crippen LogP contribution in [0, 0.1) is 12.8 Å². The molecule has 0 aliphatic heterocycles. The van der Waals surface area contributed by atoms with Crippen molar-refractivity contribution >= 4 is 5.97 Å². The molecule has 1 aliphatic carbocycles. The van der Waals surface area contributed by atoms with Gasteiger partial charge in [0.15, 0.2) is 0 Å². The van der Waals surface area contributed by atoms with Crippen molar-refractivity contribution in [1.82, 2.24) is 4.98 Å². The Balaban J connectivity index is 2.02. The van der Waals surface area contributed by atoms with Crippen LogP contribution in [-0.4, -0.2) is 11.0 Å². The third-order valence-corrected chi connectivity index (χ3v) is 2.12. The van der Waals surface area contributed by atoms with Gasteiger partial charge < -0.3 is 4.74 Å². The van der Waals surface area contributed by atoms with Gasteiger partial charge in [0.1, 0.15) is 5.75 Å². The Labute approximate surface area is 88.1 Å². The molecule has 0 aromatic carbocycles. The molecular weight excluding hydrogens is 190 g/mol. The van der Waals surface area contributed by atoms with Crippen molar-refractivity contribution in [1.29, 1.82) is 0 Å². The average molecular weight is 201 g/mol. The number of carbonyl (C=O) groups excluding carboxylic acids is 1. The monoisotopic (exact) mass is 201 g/mol. The molecule has 15 heavy (non-hydrogen) atoms. The Hall–Kier alpha value is -1.90. The smallest absolute Gasteiger partial charge is 0.322 e. The predicted octanol–water partition coefficient (Wildman–Crippen LogP) is 2.04. The van der Waals surface area contributed by atoms with Gasteiger partial charge in [0, 0.05) is 5.69 Å². The van der Waals surface area contributed by atoms with E-state index in [0.29, 0.717) is 5.75 Å². The summed E-state index contributed by atoms with van der Waals surface area (Å²) < 4.78 is 5.15. The number of hydrogen-bond donors (Lipinski definition) is 0. The van der Waals surface area contributed by atoms with Crippen LogP contribution in [0.15, 0.2) is 42.6 Å². The largest absolute Gasteiger partial charge is 0.424 e. The summed E-state index contributed by atoms with van der Waals surface area (Å²) in [5, 5.41) is 0. The lowest BCUT2D eigenvalue weighted by Crippen LogP contribution is -2.15. The van der Waals surface area contributed by atoms with Crippen molar-refractivity contribution in [3.63, 3.8) is 0 Å². The van der Waals surface area contributed by atoms with Gasteiger partial charge in [-0.25, -0.2) is 0 Å². The van der Waals surface area contributed by atoms with E-state index in [0.717, 1.165) is 5.69 Å². The number of aryl methyl sites for hydroxylation is 1. The van der Waals surface area contributed by atoms with E-state index in [1.165, 1.54) is 0 Å². The first-order chi connectivity index (χ1) is 7.25. The lowest BCUT2D eigenvalue weighted by atomic mass is 10.2. The maximum atomic E-state index is 11.5. The number of pyridine rings is 1. The Morgan fingerprint density at radius 1 is 1.33 bits per heavy atom. The highest BCUT2D eigenvalue weighted by molar-refractivity contribution is 5.79. The standard InChI is InChI=1S/C12H11NO2/c1-9-6-7-11(8-13-9)15-12(14)10-4-2-3-5-10/h2-8,10H,1H3. The summed E-state index contributed by atoms with van der Waals surface area (Å²) in [5.41, 5.74) is 0.899. The second-order valence-electron chi connectivity index (χ2n) is 3.35. The van der Waals surface area contributed by atoms with Gasteiger partial charge in [-0.3, -0.25) is 9.78 Å². The van der Waals surface area contributed by atoms with Gasteiger partial charge in [0.2, 0.25) is 0 Å². The summed E-state index contributed by atoms with van der Waals surface area (Å²) in [6, 6.07) is 3.55. The number of allylic oxidation sites excluding steroid dienone is 2. The first kappa shape index (κ1) is 9.65. The van der Waals surface area contributed by atoms with Crippen LogP contribution in [0.1, 0.15) is 5.69 Å². The Morgan fingerprint density at radius 2 is 2.07 bits per heavy atom. The van der Waals surface area contributed by atoms with E-state index in [4.69, 9.17) is 4.74 Å². The molecule has 0 spiro atoms. The number of aromatic nitrogens is 1. The van der Waals surface area contributed by atoms with Gasteiger partial charge in [-0.2, -0.15) is 0 Å². The molecule has 1 aromatic rings. The van der Waals surface area contributed by atoms with Crippen LogP contribution in [0.4, 0.5) is 0 Å². The summed E-state index contributed by atoms with van der Waals surface area (Å²) >= 11 is 0. The number of esters is 1. The molecular formula is C12H11NO2. The van der Waals surface area contributed by atoms with Crippen LogP contribution < -0.4 is 4.74 Å². The molecule has 0 saturated heterocycles. The maximum Gasteiger partial charge on any atom is 0.322 e. The van der Waals surface area contributed by atoms with E-state index in [1.807, 2.05) is 25.1 Å². The van der Waals surface area contributed by atoms with E-state index < -0.39 is 0 Å². The Kier molecular flexibility index (Phi) is 2.63. The van der Waals surface area contributed by atoms with E-state index in [1.54, 1.807) is 24.4 Å². The van der Waals surface area contributed by atoms with Crippen LogP contribution in [-0.2, 0) is 4.79 Å². The third kappa shape index (κ3) is 2.31. The number of hydrogen-bond acceptors (Lipinski definition) is 3. The molecule has 2 rings (SSSR count). The Morgan fingerprint density at radius 3 is 2.67 bits per heavy atom. The fourth-order valence-electron chi connectivity index (χ4n) is 1.29. The first-order valence-electron chi connectivity index (χ1n) is 4.75. The highest BCUT2D eigenvalue weighted by Crippen LogP contribution is 2.15. The van der Waals surface area contributed by atoms with Gasteiger partial charge in [0.25, 0.3) is 0 Å². The van der Waals surface area contributed by atoms with Crippen molar-refractivity contribution in [3.8, 4) is 5.75 Å². The van der Waals surface area contributed by atoms with Crippen molar-refractivity contribution < 1.29 is 9.53 Å². The van der Waals surface area contributed by atoms with E-state index >= 15 is 0 Å². The molecule has 0 radical (unpaired) electrons. The topological polar surface area (TPSA) is 39.2 Å². The number of ether oxygens (including phenoxy) is 1. The van der Waals surface area contributed by atoms with Crippen LogP contribution in [0.3, 0.4) is 0 Å². The quantitative estimate of drug-likeness (QED) is 0.687. The molecule has 0 unspecified atom stereocenters. The summed E-state index contributed by atoms with van der Waals surface area (Å²) in [6.45, 7) is 1.88. The molecule has 0 fully saturated rings. The molecule has 1 aliphatic rings. The van der Waals surface area contributed by atoms with Crippen LogP contribution >= 0.6 is 0 Å². The highest BCUT2D eigenvalue weighted by atomic mass is 16.5. The van der Waals surface area contributed by atoms with Gasteiger partial charge in [-0.05, 0) is 19.1 Å². The van der Waals surface area contributed by atoms with Crippen molar-refractivity contribution in [2.75, 3.05) is 0 Å². The lowest BCUT2D eigenvalue weighted by Gasteiger charge is -2.06. The van der Waals surface area contributed by atoms with Crippen LogP contribution in [0.2, 0.25) is 0 Å². The second-order valence-corrected chi connectivity index (χ2v) is 3.35. The zero-order chi connectivity index (χ0) is 10.7. The van der Waals surface area contributed by atoms with Gasteiger partial charge in [-0.1, -0.05) is 24.3 Å². The molecule has 3 heteroatoms. The van der Waals surface area contributed by atoms with Crippen LogP contribution in [0.5, 0.6) is 5.75 Å². The lowest BCUT2D eigenvalue weighted by molar-refractivity contribution is -0.135. The zero-order valence-electron chi connectivity index (χ0n) is 8.38. The summed E-state index contributed by atoms with van der Waals surface area (Å²) in [6.07, 6.45) is 8.81. The summed E-state index contributed by atoms with van der Waals surface area (Å²) in [5.74, 6) is -0.0451. The van der Waals surface area contributed by atoms with Crippen LogP contribution in [0.25, 0.3) is 0 Å². The van der Waals surface area contributed by atoms with Gasteiger partial charge in [0.05, 0.1) is 12.1 Å². The van der Waals surface area contributed by atoms with Crippen molar-refractivity contribution in [2.45, 2.75) is 6.92 Å². The van der Waals surface area contributed by atoms with E-state index in [9.17, 15) is 4.79 Å². The SMILES string of the molecule is Cc1ccc(OC(=O)C2C=CC=C2)cn1. The van der Waals surface area contributed by atoms with Gasteiger partial charge >= 0.3 is 5.97 Å². The minimum atomic E-state index is -0.273. The molecule has 0 atom stereocenters. The fraction of sp³-hybridized carbons (Fsp3) is 0.167. The predicted molar refractivity (Wildman–Crippen MR) is 56.4 cm³/mol. The maximum absolute atomic E-state index is 11.5. The first-order valence-corrected chi connectivity index (χ1v) is 4.75. The molecule has 1 heterocycles. The van der Waals surface area contributed by atoms with Gasteiger partial charge in [-0.15, -0.1) is 0 Å². The molecule has 76 valence electrons. The molecule has 0 bridgehead atoms. The van der Waals surface area contributed by atoms with Crippen molar-refractivity contribution in [2.24, 2.45) is 5.92 Å². The minimum absolute atomic E-state index is 0.258. The number of rotatable bonds is 2. The highest BCUT2D eigenvalue weighted by Gasteiger charge is 2.16. The van der Waals surface area contributed by atoms with Crippen molar-refractivity contribution in [3.05, 3.63) is 48.3 Å². The molecule has 1 aromatic heterocycles. The third-order valence-electron chi connectivity index (χ3n) is 2.12. The molecule has 0 amide bonds. The molecule has 0 N–H and O–H groups in total. The number of nitrogens with zero attached hydrogens (tertiary/aromatic N) is 1. The zero-order valence-corrected chi connectivity index (χ0v) is 8.38. The van der Waals surface area contributed by atoms with E-state index in [-0.39, 0.29) is 11.9 Å². The average Bonchev–Trinajstić information content (AvgIpc) is 2.74. The van der Waals surface area contributed by atoms with E-state index in [2.05, 4.69) is 4.98 Å². The minimum Gasteiger partial charge on any atom is -0.424 e. The normalized spacial score (nSPS) is 14.5.